The largest absolute Gasteiger partial charge is 0.369 e. The minimum absolute atomic E-state index is 0.0834. The van der Waals surface area contributed by atoms with Gasteiger partial charge in [-0.15, -0.1) is 0 Å². The van der Waals surface area contributed by atoms with Crippen molar-refractivity contribution in [3.05, 3.63) is 35.6 Å². The minimum Gasteiger partial charge on any atom is -0.369 e. The quantitative estimate of drug-likeness (QED) is 0.845. The average Bonchev–Trinajstić information content (AvgIpc) is 3.16. The zero-order valence-corrected chi connectivity index (χ0v) is 14.4. The zero-order valence-electron chi connectivity index (χ0n) is 14.4. The van der Waals surface area contributed by atoms with E-state index in [-0.39, 0.29) is 23.7 Å². The number of carbonyl (C=O) groups excluding carboxylic acids is 1. The van der Waals surface area contributed by atoms with E-state index < -0.39 is 0 Å². The number of carbonyl (C=O) groups is 1. The predicted molar refractivity (Wildman–Crippen MR) is 89.1 cm³/mol. The third-order valence-corrected chi connectivity index (χ3v) is 5.96. The molecule has 0 aromatic heterocycles. The summed E-state index contributed by atoms with van der Waals surface area (Å²) >= 11 is 0. The van der Waals surface area contributed by atoms with Crippen LogP contribution in [0.25, 0.3) is 0 Å². The molecular formula is C19H25FN2O2. The van der Waals surface area contributed by atoms with E-state index in [0.29, 0.717) is 24.5 Å². The molecule has 0 saturated carbocycles. The summed E-state index contributed by atoms with van der Waals surface area (Å²) in [5, 5.41) is 0. The number of fused-ring (bicyclic) bond motifs is 1. The summed E-state index contributed by atoms with van der Waals surface area (Å²) in [5.74, 6) is 0.751. The summed E-state index contributed by atoms with van der Waals surface area (Å²) in [6, 6.07) is 6.33. The molecule has 5 heteroatoms. The first-order valence-corrected chi connectivity index (χ1v) is 8.82. The molecule has 4 nitrogen and oxygen atoms in total. The third-order valence-electron chi connectivity index (χ3n) is 5.96. The molecule has 130 valence electrons. The molecule has 3 aliphatic heterocycles. The Hall–Kier alpha value is -1.46. The fraction of sp³-hybridized carbons (Fsp3) is 0.632. The van der Waals surface area contributed by atoms with Crippen LogP contribution in [0.15, 0.2) is 24.3 Å². The Bertz CT molecular complexity index is 650. The van der Waals surface area contributed by atoms with E-state index in [1.54, 1.807) is 6.07 Å². The van der Waals surface area contributed by atoms with Crippen LogP contribution in [-0.4, -0.2) is 61.1 Å². The Kier molecular flexibility index (Phi) is 3.88. The molecule has 0 N–H and O–H groups in total. The molecule has 1 aromatic rings. The first kappa shape index (κ1) is 16.0. The van der Waals surface area contributed by atoms with E-state index in [2.05, 4.69) is 19.0 Å². The standard InChI is InChI=1S/C19H25FN2O2/c1-21(2)10-15-16-11-22(12-19(16)7-6-17(15)24-19)18(23)9-13-4-3-5-14(20)8-13/h3-5,8,15-17H,6-7,9-12H2,1-2H3/t15-,16+,17+,19+/m0/s1. The molecule has 3 heterocycles. The zero-order chi connectivity index (χ0) is 16.9. The van der Waals surface area contributed by atoms with Crippen molar-refractivity contribution < 1.29 is 13.9 Å². The van der Waals surface area contributed by atoms with Gasteiger partial charge in [0.15, 0.2) is 0 Å². The number of hydrogen-bond acceptors (Lipinski definition) is 3. The van der Waals surface area contributed by atoms with Crippen LogP contribution in [0.2, 0.25) is 0 Å². The smallest absolute Gasteiger partial charge is 0.227 e. The van der Waals surface area contributed by atoms with E-state index >= 15 is 0 Å². The van der Waals surface area contributed by atoms with E-state index in [0.717, 1.165) is 31.5 Å². The molecule has 4 atom stereocenters. The van der Waals surface area contributed by atoms with E-state index in [9.17, 15) is 9.18 Å². The van der Waals surface area contributed by atoms with Crippen molar-refractivity contribution in [3.63, 3.8) is 0 Å². The van der Waals surface area contributed by atoms with E-state index in [4.69, 9.17) is 4.74 Å². The normalized spacial score (nSPS) is 34.2. The Morgan fingerprint density at radius 2 is 2.29 bits per heavy atom. The highest BCUT2D eigenvalue weighted by Gasteiger charge is 2.63. The molecule has 1 amide bonds. The Labute approximate surface area is 142 Å². The lowest BCUT2D eigenvalue weighted by Gasteiger charge is -2.30. The molecular weight excluding hydrogens is 307 g/mol. The van der Waals surface area contributed by atoms with Crippen LogP contribution in [0, 0.1) is 17.7 Å². The van der Waals surface area contributed by atoms with E-state index in [1.807, 2.05) is 11.0 Å². The number of benzene rings is 1. The molecule has 24 heavy (non-hydrogen) atoms. The van der Waals surface area contributed by atoms with Gasteiger partial charge in [0.2, 0.25) is 5.91 Å². The van der Waals surface area contributed by atoms with Crippen molar-refractivity contribution in [1.29, 1.82) is 0 Å². The number of rotatable bonds is 4. The maximum atomic E-state index is 13.3. The van der Waals surface area contributed by atoms with Crippen LogP contribution in [0.3, 0.4) is 0 Å². The van der Waals surface area contributed by atoms with Crippen molar-refractivity contribution in [2.45, 2.75) is 31.0 Å². The molecule has 1 spiro atoms. The van der Waals surface area contributed by atoms with Gasteiger partial charge in [-0.3, -0.25) is 4.79 Å². The van der Waals surface area contributed by atoms with Crippen LogP contribution in [0.1, 0.15) is 18.4 Å². The van der Waals surface area contributed by atoms with Crippen molar-refractivity contribution >= 4 is 5.91 Å². The summed E-state index contributed by atoms with van der Waals surface area (Å²) in [5.41, 5.74) is 0.618. The van der Waals surface area contributed by atoms with Gasteiger partial charge in [-0.25, -0.2) is 4.39 Å². The first-order chi connectivity index (χ1) is 11.5. The molecule has 2 bridgehead atoms. The molecule has 4 rings (SSSR count). The van der Waals surface area contributed by atoms with Crippen LogP contribution >= 0.6 is 0 Å². The van der Waals surface area contributed by atoms with Crippen LogP contribution in [0.5, 0.6) is 0 Å². The molecule has 0 aliphatic carbocycles. The highest BCUT2D eigenvalue weighted by Crippen LogP contribution is 2.54. The second kappa shape index (κ2) is 5.81. The van der Waals surface area contributed by atoms with Gasteiger partial charge >= 0.3 is 0 Å². The van der Waals surface area contributed by atoms with Crippen molar-refractivity contribution in [2.75, 3.05) is 33.7 Å². The molecule has 0 unspecified atom stereocenters. The maximum absolute atomic E-state index is 13.3. The highest BCUT2D eigenvalue weighted by molar-refractivity contribution is 5.79. The van der Waals surface area contributed by atoms with Gasteiger partial charge in [-0.2, -0.15) is 0 Å². The van der Waals surface area contributed by atoms with Crippen LogP contribution in [-0.2, 0) is 16.0 Å². The number of nitrogens with zero attached hydrogens (tertiary/aromatic N) is 2. The third kappa shape index (κ3) is 2.64. The SMILES string of the molecule is CN(C)C[C@H]1[C@H]2CN(C(=O)Cc3cccc(F)c3)C[C@]23CC[C@H]1O3. The maximum Gasteiger partial charge on any atom is 0.227 e. The van der Waals surface area contributed by atoms with Crippen molar-refractivity contribution in [1.82, 2.24) is 9.80 Å². The monoisotopic (exact) mass is 332 g/mol. The molecule has 0 radical (unpaired) electrons. The summed E-state index contributed by atoms with van der Waals surface area (Å²) in [6.45, 7) is 2.50. The summed E-state index contributed by atoms with van der Waals surface area (Å²) < 4.78 is 19.7. The summed E-state index contributed by atoms with van der Waals surface area (Å²) in [4.78, 5) is 16.9. The second-order valence-corrected chi connectivity index (χ2v) is 7.87. The number of hydrogen-bond donors (Lipinski definition) is 0. The Balaban J connectivity index is 1.46. The molecule has 3 aliphatic rings. The fourth-order valence-corrected chi connectivity index (χ4v) is 4.98. The average molecular weight is 332 g/mol. The van der Waals surface area contributed by atoms with Crippen molar-refractivity contribution in [2.24, 2.45) is 11.8 Å². The predicted octanol–water partition coefficient (Wildman–Crippen LogP) is 1.94. The first-order valence-electron chi connectivity index (χ1n) is 8.82. The second-order valence-electron chi connectivity index (χ2n) is 7.87. The highest BCUT2D eigenvalue weighted by atomic mass is 19.1. The molecule has 3 saturated heterocycles. The van der Waals surface area contributed by atoms with E-state index in [1.165, 1.54) is 12.1 Å². The number of likely N-dealkylation sites (tertiary alicyclic amines) is 1. The number of halogens is 1. The fourth-order valence-electron chi connectivity index (χ4n) is 4.98. The number of ether oxygens (including phenoxy) is 1. The molecule has 1 aromatic carbocycles. The lowest BCUT2D eigenvalue weighted by atomic mass is 9.73. The van der Waals surface area contributed by atoms with Gasteiger partial charge in [0, 0.05) is 24.9 Å². The Morgan fingerprint density at radius 3 is 3.04 bits per heavy atom. The van der Waals surface area contributed by atoms with Gasteiger partial charge < -0.3 is 14.5 Å². The lowest BCUT2D eigenvalue weighted by Crippen LogP contribution is -2.40. The van der Waals surface area contributed by atoms with Gasteiger partial charge in [-0.1, -0.05) is 12.1 Å². The van der Waals surface area contributed by atoms with Gasteiger partial charge in [-0.05, 0) is 44.6 Å². The van der Waals surface area contributed by atoms with Crippen molar-refractivity contribution in [3.8, 4) is 0 Å². The summed E-state index contributed by atoms with van der Waals surface area (Å²) in [7, 11) is 4.20. The van der Waals surface area contributed by atoms with Crippen LogP contribution in [0.4, 0.5) is 4.39 Å². The van der Waals surface area contributed by atoms with Gasteiger partial charge in [0.05, 0.1) is 24.7 Å². The summed E-state index contributed by atoms with van der Waals surface area (Å²) in [6.07, 6.45) is 2.80. The lowest BCUT2D eigenvalue weighted by molar-refractivity contribution is -0.131. The Morgan fingerprint density at radius 1 is 1.46 bits per heavy atom. The van der Waals surface area contributed by atoms with Crippen LogP contribution < -0.4 is 0 Å². The van der Waals surface area contributed by atoms with Gasteiger partial charge in [0.25, 0.3) is 0 Å². The van der Waals surface area contributed by atoms with Gasteiger partial charge in [0.1, 0.15) is 5.82 Å². The topological polar surface area (TPSA) is 32.8 Å². The number of amides is 1. The minimum atomic E-state index is -0.287. The molecule has 3 fully saturated rings.